The van der Waals surface area contributed by atoms with E-state index in [0.29, 0.717) is 18.8 Å². The summed E-state index contributed by atoms with van der Waals surface area (Å²) in [6, 6.07) is 14.8. The normalized spacial score (nSPS) is 17.7. The van der Waals surface area contributed by atoms with Crippen LogP contribution in [0, 0.1) is 6.92 Å². The Morgan fingerprint density at radius 3 is 2.72 bits per heavy atom. The maximum absolute atomic E-state index is 13.9. The van der Waals surface area contributed by atoms with Crippen LogP contribution in [0.5, 0.6) is 0 Å². The Bertz CT molecular complexity index is 1890. The molecular formula is C34H36N6O3. The topological polar surface area (TPSA) is 106 Å². The fourth-order valence-electron chi connectivity index (χ4n) is 6.96. The van der Waals surface area contributed by atoms with E-state index in [1.807, 2.05) is 40.3 Å². The number of aryl methyl sites for hydroxylation is 4. The van der Waals surface area contributed by atoms with Crippen LogP contribution >= 0.6 is 0 Å². The van der Waals surface area contributed by atoms with E-state index >= 15 is 0 Å². The maximum atomic E-state index is 13.9. The second kappa shape index (κ2) is 10.9. The summed E-state index contributed by atoms with van der Waals surface area (Å²) in [4.78, 5) is 32.6. The van der Waals surface area contributed by atoms with Crippen molar-refractivity contribution in [2.75, 3.05) is 6.54 Å². The van der Waals surface area contributed by atoms with Gasteiger partial charge in [-0.15, -0.1) is 5.10 Å². The van der Waals surface area contributed by atoms with Crippen LogP contribution in [0.4, 0.5) is 0 Å². The van der Waals surface area contributed by atoms with Gasteiger partial charge in [0.2, 0.25) is 0 Å². The monoisotopic (exact) mass is 576 g/mol. The van der Waals surface area contributed by atoms with E-state index in [1.165, 1.54) is 11.1 Å². The molecule has 2 aromatic carbocycles. The van der Waals surface area contributed by atoms with Crippen LogP contribution in [-0.2, 0) is 37.8 Å². The highest BCUT2D eigenvalue weighted by Crippen LogP contribution is 2.35. The SMILES string of the molecule is Cc1c2cnc3c1nnn3CCCCCCc1ccc3c(c1)cc(n3C)C(=O)N1CCc3ccc(cc3C1)C2CC(=O)O. The molecule has 3 aromatic heterocycles. The zero-order valence-electron chi connectivity index (χ0n) is 24.7. The molecule has 0 spiro atoms. The van der Waals surface area contributed by atoms with E-state index in [1.54, 1.807) is 6.20 Å². The number of carbonyl (C=O) groups is 2. The summed E-state index contributed by atoms with van der Waals surface area (Å²) in [5.74, 6) is -1.26. The Morgan fingerprint density at radius 1 is 1.00 bits per heavy atom. The number of carboxylic acids is 1. The first-order valence-electron chi connectivity index (χ1n) is 15.3. The lowest BCUT2D eigenvalue weighted by molar-refractivity contribution is -0.137. The second-order valence-corrected chi connectivity index (χ2v) is 12.1. The molecule has 1 atom stereocenters. The van der Waals surface area contributed by atoms with Crippen molar-refractivity contribution in [1.82, 2.24) is 29.4 Å². The van der Waals surface area contributed by atoms with Crippen LogP contribution in [0.25, 0.3) is 22.1 Å². The average molecular weight is 577 g/mol. The Morgan fingerprint density at radius 2 is 1.86 bits per heavy atom. The third kappa shape index (κ3) is 4.96. The second-order valence-electron chi connectivity index (χ2n) is 12.1. The highest BCUT2D eigenvalue weighted by Gasteiger charge is 2.28. The lowest BCUT2D eigenvalue weighted by Crippen LogP contribution is -2.36. The van der Waals surface area contributed by atoms with E-state index in [-0.39, 0.29) is 12.3 Å². The first-order chi connectivity index (χ1) is 20.9. The van der Waals surface area contributed by atoms with Crippen LogP contribution < -0.4 is 0 Å². The first-order valence-corrected chi connectivity index (χ1v) is 15.3. The van der Waals surface area contributed by atoms with Gasteiger partial charge < -0.3 is 14.6 Å². The molecule has 9 nitrogen and oxygen atoms in total. The number of carboxylic acid groups (broad SMARTS) is 1. The van der Waals surface area contributed by atoms with E-state index in [0.717, 1.165) is 89.4 Å². The van der Waals surface area contributed by atoms with Crippen LogP contribution in [0.1, 0.15) is 81.9 Å². The number of aromatic nitrogens is 5. The first kappa shape index (κ1) is 27.3. The largest absolute Gasteiger partial charge is 0.481 e. The molecule has 3 aliphatic heterocycles. The maximum Gasteiger partial charge on any atom is 0.304 e. The van der Waals surface area contributed by atoms with E-state index < -0.39 is 11.9 Å². The number of aliphatic carboxylic acids is 1. The third-order valence-corrected chi connectivity index (χ3v) is 9.42. The van der Waals surface area contributed by atoms with Gasteiger partial charge in [-0.2, -0.15) is 0 Å². The van der Waals surface area contributed by atoms with Crippen molar-refractivity contribution in [2.45, 2.75) is 70.9 Å². The molecule has 0 radical (unpaired) electrons. The lowest BCUT2D eigenvalue weighted by Gasteiger charge is -2.30. The van der Waals surface area contributed by atoms with Gasteiger partial charge >= 0.3 is 5.97 Å². The number of hydrogen-bond acceptors (Lipinski definition) is 5. The highest BCUT2D eigenvalue weighted by atomic mass is 16.4. The fourth-order valence-corrected chi connectivity index (χ4v) is 6.96. The zero-order valence-corrected chi connectivity index (χ0v) is 24.7. The fraction of sp³-hybridized carbons (Fsp3) is 0.382. The van der Waals surface area contributed by atoms with Crippen molar-refractivity contribution in [3.63, 3.8) is 0 Å². The number of pyridine rings is 1. The number of benzene rings is 2. The molecule has 0 saturated heterocycles. The summed E-state index contributed by atoms with van der Waals surface area (Å²) in [5, 5.41) is 19.9. The molecule has 9 heteroatoms. The minimum absolute atomic E-state index is 0.0189. The van der Waals surface area contributed by atoms with Gasteiger partial charge in [0, 0.05) is 49.7 Å². The molecule has 10 bridgehead atoms. The molecule has 1 amide bonds. The number of fused-ring (bicyclic) bond motifs is 6. The van der Waals surface area contributed by atoms with Crippen LogP contribution in [0.15, 0.2) is 48.7 Å². The van der Waals surface area contributed by atoms with Crippen molar-refractivity contribution >= 4 is 33.9 Å². The van der Waals surface area contributed by atoms with Crippen molar-refractivity contribution in [1.29, 1.82) is 0 Å². The number of hydrogen-bond donors (Lipinski definition) is 1. The molecular weight excluding hydrogens is 540 g/mol. The smallest absolute Gasteiger partial charge is 0.304 e. The van der Waals surface area contributed by atoms with Gasteiger partial charge in [-0.3, -0.25) is 9.59 Å². The van der Waals surface area contributed by atoms with Gasteiger partial charge in [0.05, 0.1) is 6.42 Å². The van der Waals surface area contributed by atoms with Crippen molar-refractivity contribution in [3.05, 3.63) is 87.7 Å². The highest BCUT2D eigenvalue weighted by molar-refractivity contribution is 5.99. The summed E-state index contributed by atoms with van der Waals surface area (Å²) in [7, 11) is 1.97. The number of rotatable bonds is 2. The molecule has 220 valence electrons. The van der Waals surface area contributed by atoms with Crippen LogP contribution in [-0.4, -0.2) is 53.0 Å². The number of amides is 1. The number of nitrogens with zero attached hydrogens (tertiary/aromatic N) is 6. The molecule has 0 saturated carbocycles. The van der Waals surface area contributed by atoms with Crippen molar-refractivity contribution in [3.8, 4) is 0 Å². The van der Waals surface area contributed by atoms with E-state index in [4.69, 9.17) is 4.98 Å². The predicted octanol–water partition coefficient (Wildman–Crippen LogP) is 5.55. The molecule has 0 aliphatic carbocycles. The molecule has 5 aromatic rings. The summed E-state index contributed by atoms with van der Waals surface area (Å²) in [5.41, 5.74) is 9.43. The predicted molar refractivity (Wildman–Crippen MR) is 164 cm³/mol. The van der Waals surface area contributed by atoms with Gasteiger partial charge in [-0.25, -0.2) is 9.67 Å². The standard InChI is InChI=1S/C34H36N6O3/c1-21-28-19-35-33-32(21)36-37-40(33)13-6-4-3-5-7-22-8-11-29-25(15-22)17-30(38(29)2)34(43)39-14-12-23-9-10-24(16-26(23)20-39)27(28)18-31(41)42/h8-11,15-17,19,27H,3-7,12-14,18,20H2,1-2H3,(H,41,42). The van der Waals surface area contributed by atoms with Gasteiger partial charge in [0.1, 0.15) is 11.2 Å². The minimum atomic E-state index is -0.876. The van der Waals surface area contributed by atoms with E-state index in [9.17, 15) is 14.7 Å². The molecule has 1 N–H and O–H groups in total. The molecule has 8 rings (SSSR count). The van der Waals surface area contributed by atoms with Crippen molar-refractivity contribution in [2.24, 2.45) is 7.05 Å². The Balaban J connectivity index is 1.31. The van der Waals surface area contributed by atoms with Gasteiger partial charge in [-0.1, -0.05) is 42.3 Å². The number of carbonyl (C=O) groups excluding carboxylic acids is 1. The van der Waals surface area contributed by atoms with Gasteiger partial charge in [0.25, 0.3) is 5.91 Å². The summed E-state index contributed by atoms with van der Waals surface area (Å²) < 4.78 is 3.88. The summed E-state index contributed by atoms with van der Waals surface area (Å²) >= 11 is 0. The molecule has 43 heavy (non-hydrogen) atoms. The summed E-state index contributed by atoms with van der Waals surface area (Å²) in [6.45, 7) is 3.86. The molecule has 6 heterocycles. The Hall–Kier alpha value is -4.53. The van der Waals surface area contributed by atoms with Gasteiger partial charge in [0.15, 0.2) is 5.65 Å². The van der Waals surface area contributed by atoms with Crippen LogP contribution in [0.3, 0.4) is 0 Å². The Labute approximate surface area is 250 Å². The molecule has 1 unspecified atom stereocenters. The third-order valence-electron chi connectivity index (χ3n) is 9.42. The van der Waals surface area contributed by atoms with Crippen LogP contribution in [0.2, 0.25) is 0 Å². The molecule has 3 aliphatic rings. The average Bonchev–Trinajstić information content (AvgIpc) is 3.57. The molecule has 0 fully saturated rings. The zero-order chi connectivity index (χ0) is 29.7. The lowest BCUT2D eigenvalue weighted by atomic mass is 9.84. The van der Waals surface area contributed by atoms with Gasteiger partial charge in [-0.05, 0) is 84.2 Å². The van der Waals surface area contributed by atoms with E-state index in [2.05, 4.69) is 40.6 Å². The summed E-state index contributed by atoms with van der Waals surface area (Å²) in [6.07, 6.45) is 7.79. The minimum Gasteiger partial charge on any atom is -0.481 e. The quantitative estimate of drug-likeness (QED) is 0.296. The van der Waals surface area contributed by atoms with Crippen molar-refractivity contribution < 1.29 is 14.7 Å². The Kier molecular flexibility index (Phi) is 6.95.